The summed E-state index contributed by atoms with van der Waals surface area (Å²) in [6.07, 6.45) is 0. The van der Waals surface area contributed by atoms with Gasteiger partial charge in [-0.05, 0) is 36.8 Å². The molecule has 1 aromatic heterocycles. The molecule has 122 valence electrons. The van der Waals surface area contributed by atoms with E-state index in [1.807, 2.05) is 80.7 Å². The molecular weight excluding hydrogens is 310 g/mol. The Kier molecular flexibility index (Phi) is 3.69. The van der Waals surface area contributed by atoms with Crippen LogP contribution in [0.4, 0.5) is 0 Å². The van der Waals surface area contributed by atoms with E-state index in [1.165, 1.54) is 0 Å². The second kappa shape index (κ2) is 6.02. The summed E-state index contributed by atoms with van der Waals surface area (Å²) in [5.41, 5.74) is 3.65. The van der Waals surface area contributed by atoms with Gasteiger partial charge in [-0.15, -0.1) is 0 Å². The summed E-state index contributed by atoms with van der Waals surface area (Å²) in [5, 5.41) is 1.78. The number of nitrogens with zero attached hydrogens (tertiary/aromatic N) is 1. The molecule has 0 N–H and O–H groups in total. The Hall–Kier alpha value is -3.20. The van der Waals surface area contributed by atoms with Crippen molar-refractivity contribution in [1.29, 1.82) is 0 Å². The number of benzene rings is 3. The number of hydrogen-bond donors (Lipinski definition) is 0. The molecule has 4 aromatic rings. The average molecular weight is 328 g/mol. The standard InChI is InChI=1S/C22H18NO2/c1-15-8-7-9-16(14-15)25-22(24)21-17-10-3-5-12-19(17)23(2)20-13-6-4-11-18(20)21/h3-14H,1-2H3/q+1. The molecule has 3 aromatic carbocycles. The Labute approximate surface area is 146 Å². The van der Waals surface area contributed by atoms with E-state index in [4.69, 9.17) is 4.74 Å². The van der Waals surface area contributed by atoms with Crippen molar-refractivity contribution in [1.82, 2.24) is 0 Å². The Balaban J connectivity index is 1.95. The third kappa shape index (κ3) is 2.64. The zero-order valence-electron chi connectivity index (χ0n) is 14.2. The van der Waals surface area contributed by atoms with Crippen molar-refractivity contribution < 1.29 is 14.1 Å². The molecule has 0 radical (unpaired) electrons. The number of esters is 1. The van der Waals surface area contributed by atoms with Crippen LogP contribution in [0.2, 0.25) is 0 Å². The van der Waals surface area contributed by atoms with Crippen molar-refractivity contribution in [2.45, 2.75) is 6.92 Å². The zero-order chi connectivity index (χ0) is 17.4. The predicted octanol–water partition coefficient (Wildman–Crippen LogP) is 4.35. The highest BCUT2D eigenvalue weighted by atomic mass is 16.5. The summed E-state index contributed by atoms with van der Waals surface area (Å²) in [6, 6.07) is 23.4. The average Bonchev–Trinajstić information content (AvgIpc) is 2.62. The third-order valence-electron chi connectivity index (χ3n) is 4.47. The van der Waals surface area contributed by atoms with E-state index in [1.54, 1.807) is 6.07 Å². The van der Waals surface area contributed by atoms with Crippen LogP contribution in [0, 0.1) is 6.92 Å². The van der Waals surface area contributed by atoms with E-state index in [0.29, 0.717) is 11.3 Å². The van der Waals surface area contributed by atoms with Crippen LogP contribution in [0.25, 0.3) is 21.8 Å². The number of aryl methyl sites for hydroxylation is 2. The van der Waals surface area contributed by atoms with E-state index in [9.17, 15) is 4.79 Å². The molecule has 1 heterocycles. The summed E-state index contributed by atoms with van der Waals surface area (Å²) in [5.74, 6) is 0.227. The van der Waals surface area contributed by atoms with Crippen LogP contribution >= 0.6 is 0 Å². The SMILES string of the molecule is Cc1cccc(OC(=O)c2c3ccccc3[n+](C)c3ccccc23)c1. The molecule has 25 heavy (non-hydrogen) atoms. The second-order valence-corrected chi connectivity index (χ2v) is 6.17. The molecule has 0 aliphatic heterocycles. The van der Waals surface area contributed by atoms with Gasteiger partial charge in [0, 0.05) is 12.1 Å². The normalized spacial score (nSPS) is 11.0. The van der Waals surface area contributed by atoms with Crippen molar-refractivity contribution in [3.63, 3.8) is 0 Å². The largest absolute Gasteiger partial charge is 0.423 e. The second-order valence-electron chi connectivity index (χ2n) is 6.17. The molecule has 3 nitrogen and oxygen atoms in total. The van der Waals surface area contributed by atoms with Gasteiger partial charge in [0.1, 0.15) is 12.8 Å². The van der Waals surface area contributed by atoms with Crippen molar-refractivity contribution in [2.75, 3.05) is 0 Å². The summed E-state index contributed by atoms with van der Waals surface area (Å²) in [7, 11) is 2.01. The van der Waals surface area contributed by atoms with Crippen LogP contribution in [0.1, 0.15) is 15.9 Å². The molecule has 0 unspecified atom stereocenters. The van der Waals surface area contributed by atoms with E-state index >= 15 is 0 Å². The fourth-order valence-corrected chi connectivity index (χ4v) is 3.29. The van der Waals surface area contributed by atoms with Gasteiger partial charge < -0.3 is 4.74 Å². The number of aromatic nitrogens is 1. The molecule has 0 fully saturated rings. The number of para-hydroxylation sites is 2. The first-order valence-corrected chi connectivity index (χ1v) is 8.23. The summed E-state index contributed by atoms with van der Waals surface area (Å²) < 4.78 is 7.79. The highest BCUT2D eigenvalue weighted by molar-refractivity contribution is 6.13. The maximum absolute atomic E-state index is 13.0. The van der Waals surface area contributed by atoms with Crippen LogP contribution in [0.3, 0.4) is 0 Å². The minimum Gasteiger partial charge on any atom is -0.423 e. The molecule has 0 spiro atoms. The fraction of sp³-hybridized carbons (Fsp3) is 0.0909. The highest BCUT2D eigenvalue weighted by Gasteiger charge is 2.23. The van der Waals surface area contributed by atoms with Crippen LogP contribution in [-0.2, 0) is 7.05 Å². The van der Waals surface area contributed by atoms with Gasteiger partial charge in [0.2, 0.25) is 11.0 Å². The molecule has 0 aliphatic rings. The van der Waals surface area contributed by atoms with Crippen molar-refractivity contribution >= 4 is 27.8 Å². The number of fused-ring (bicyclic) bond motifs is 2. The number of ether oxygens (including phenoxy) is 1. The number of rotatable bonds is 2. The Bertz CT molecular complexity index is 1060. The summed E-state index contributed by atoms with van der Waals surface area (Å²) >= 11 is 0. The fourth-order valence-electron chi connectivity index (χ4n) is 3.29. The third-order valence-corrected chi connectivity index (χ3v) is 4.47. The van der Waals surface area contributed by atoms with Gasteiger partial charge in [-0.3, -0.25) is 0 Å². The maximum atomic E-state index is 13.0. The Morgan fingerprint density at radius 1 is 0.840 bits per heavy atom. The summed E-state index contributed by atoms with van der Waals surface area (Å²) in [6.45, 7) is 1.98. The molecule has 3 heteroatoms. The minimum atomic E-state index is -0.335. The number of carbonyl (C=O) groups excluding carboxylic acids is 1. The Morgan fingerprint density at radius 2 is 1.44 bits per heavy atom. The van der Waals surface area contributed by atoms with E-state index in [2.05, 4.69) is 4.57 Å². The lowest BCUT2D eigenvalue weighted by Gasteiger charge is -2.10. The van der Waals surface area contributed by atoms with Crippen LogP contribution in [0.15, 0.2) is 72.8 Å². The van der Waals surface area contributed by atoms with Crippen molar-refractivity contribution in [3.8, 4) is 5.75 Å². The molecule has 4 rings (SSSR count). The van der Waals surface area contributed by atoms with E-state index < -0.39 is 0 Å². The first kappa shape index (κ1) is 15.3. The number of carbonyl (C=O) groups is 1. The quantitative estimate of drug-likeness (QED) is 0.237. The molecule has 0 saturated carbocycles. The van der Waals surface area contributed by atoms with Gasteiger partial charge in [0.05, 0.1) is 16.3 Å². The van der Waals surface area contributed by atoms with Gasteiger partial charge in [0.15, 0.2) is 0 Å². The van der Waals surface area contributed by atoms with Gasteiger partial charge in [-0.25, -0.2) is 4.79 Å². The molecule has 0 bridgehead atoms. The minimum absolute atomic E-state index is 0.335. The number of pyridine rings is 1. The lowest BCUT2D eigenvalue weighted by Crippen LogP contribution is -2.31. The summed E-state index contributed by atoms with van der Waals surface area (Å²) in [4.78, 5) is 13.0. The molecule has 0 amide bonds. The van der Waals surface area contributed by atoms with Crippen molar-refractivity contribution in [2.24, 2.45) is 7.05 Å². The van der Waals surface area contributed by atoms with Crippen LogP contribution < -0.4 is 9.30 Å². The molecular formula is C22H18NO2+. The highest BCUT2D eigenvalue weighted by Crippen LogP contribution is 2.26. The van der Waals surface area contributed by atoms with Gasteiger partial charge in [-0.2, -0.15) is 4.57 Å². The smallest absolute Gasteiger partial charge is 0.345 e. The lowest BCUT2D eigenvalue weighted by atomic mass is 10.0. The van der Waals surface area contributed by atoms with Gasteiger partial charge >= 0.3 is 5.97 Å². The lowest BCUT2D eigenvalue weighted by molar-refractivity contribution is -0.617. The van der Waals surface area contributed by atoms with E-state index in [-0.39, 0.29) is 5.97 Å². The topological polar surface area (TPSA) is 30.2 Å². The molecule has 0 atom stereocenters. The maximum Gasteiger partial charge on any atom is 0.345 e. The van der Waals surface area contributed by atoms with E-state index in [0.717, 1.165) is 27.4 Å². The number of hydrogen-bond acceptors (Lipinski definition) is 2. The Morgan fingerprint density at radius 3 is 2.04 bits per heavy atom. The molecule has 0 saturated heterocycles. The molecule has 0 aliphatic carbocycles. The first-order valence-electron chi connectivity index (χ1n) is 8.23. The first-order chi connectivity index (χ1) is 12.1. The van der Waals surface area contributed by atoms with Crippen LogP contribution in [-0.4, -0.2) is 5.97 Å². The van der Waals surface area contributed by atoms with Gasteiger partial charge in [-0.1, -0.05) is 36.4 Å². The predicted molar refractivity (Wildman–Crippen MR) is 98.8 cm³/mol. The zero-order valence-corrected chi connectivity index (χ0v) is 14.2. The van der Waals surface area contributed by atoms with Crippen LogP contribution in [0.5, 0.6) is 5.75 Å². The van der Waals surface area contributed by atoms with Crippen molar-refractivity contribution in [3.05, 3.63) is 83.9 Å². The monoisotopic (exact) mass is 328 g/mol. The van der Waals surface area contributed by atoms with Gasteiger partial charge in [0.25, 0.3) is 0 Å².